The van der Waals surface area contributed by atoms with Crippen LogP contribution in [0.4, 0.5) is 0 Å². The van der Waals surface area contributed by atoms with Gasteiger partial charge in [-0.3, -0.25) is 4.79 Å². The normalized spacial score (nSPS) is 12.4. The minimum absolute atomic E-state index is 0.182. The first-order valence-electron chi connectivity index (χ1n) is 11.1. The van der Waals surface area contributed by atoms with E-state index in [9.17, 15) is 4.79 Å². The number of allylic oxidation sites excluding steroid dienone is 1. The Bertz CT molecular complexity index is 325. The fraction of sp³-hybridized carbons (Fsp3) is 0.870. The summed E-state index contributed by atoms with van der Waals surface area (Å²) < 4.78 is 10.3. The minimum atomic E-state index is -0.257. The molecular formula is C23H44O3. The van der Waals surface area contributed by atoms with E-state index in [4.69, 9.17) is 9.47 Å². The molecule has 0 radical (unpaired) electrons. The minimum Gasteiger partial charge on any atom is -0.498 e. The van der Waals surface area contributed by atoms with Crippen LogP contribution in [0.5, 0.6) is 0 Å². The smallest absolute Gasteiger partial charge is 0.303 e. The Kier molecular flexibility index (Phi) is 19.5. The lowest BCUT2D eigenvalue weighted by Crippen LogP contribution is -2.17. The van der Waals surface area contributed by atoms with E-state index >= 15 is 0 Å². The van der Waals surface area contributed by atoms with Gasteiger partial charge >= 0.3 is 5.97 Å². The SMILES string of the molecule is CCCCCCCCCCCCCCCCC=COCC(C)OC(C)=O. The molecule has 1 unspecified atom stereocenters. The number of esters is 1. The third kappa shape index (κ3) is 21.1. The fourth-order valence-electron chi connectivity index (χ4n) is 3.10. The van der Waals surface area contributed by atoms with Gasteiger partial charge in [-0.25, -0.2) is 0 Å². The summed E-state index contributed by atoms with van der Waals surface area (Å²) in [5, 5.41) is 0. The predicted octanol–water partition coefficient (Wildman–Crippen LogP) is 7.34. The first-order valence-corrected chi connectivity index (χ1v) is 11.1. The van der Waals surface area contributed by atoms with Crippen LogP contribution in [0.25, 0.3) is 0 Å². The maximum atomic E-state index is 10.8. The van der Waals surface area contributed by atoms with Crippen molar-refractivity contribution in [2.24, 2.45) is 0 Å². The highest BCUT2D eigenvalue weighted by atomic mass is 16.6. The summed E-state index contributed by atoms with van der Waals surface area (Å²) in [7, 11) is 0. The van der Waals surface area contributed by atoms with E-state index in [1.165, 1.54) is 96.8 Å². The van der Waals surface area contributed by atoms with E-state index in [0.717, 1.165) is 6.42 Å². The molecule has 0 aliphatic heterocycles. The molecule has 0 bridgehead atoms. The van der Waals surface area contributed by atoms with Crippen molar-refractivity contribution >= 4 is 5.97 Å². The third-order valence-corrected chi connectivity index (χ3v) is 4.61. The Balaban J connectivity index is 3.15. The monoisotopic (exact) mass is 368 g/mol. The highest BCUT2D eigenvalue weighted by Crippen LogP contribution is 2.13. The summed E-state index contributed by atoms with van der Waals surface area (Å²) in [4.78, 5) is 10.8. The van der Waals surface area contributed by atoms with Crippen LogP contribution in [0.3, 0.4) is 0 Å². The predicted molar refractivity (Wildman–Crippen MR) is 111 cm³/mol. The molecule has 0 fully saturated rings. The molecule has 1 atom stereocenters. The van der Waals surface area contributed by atoms with Crippen molar-refractivity contribution in [3.05, 3.63) is 12.3 Å². The lowest BCUT2D eigenvalue weighted by molar-refractivity contribution is -0.147. The summed E-state index contributed by atoms with van der Waals surface area (Å²) in [5.41, 5.74) is 0. The van der Waals surface area contributed by atoms with E-state index in [0.29, 0.717) is 6.61 Å². The largest absolute Gasteiger partial charge is 0.498 e. The molecule has 0 aromatic carbocycles. The van der Waals surface area contributed by atoms with E-state index in [2.05, 4.69) is 13.0 Å². The lowest BCUT2D eigenvalue weighted by atomic mass is 10.0. The molecule has 0 rings (SSSR count). The van der Waals surface area contributed by atoms with Crippen molar-refractivity contribution in [3.63, 3.8) is 0 Å². The lowest BCUT2D eigenvalue weighted by Gasteiger charge is -2.10. The zero-order valence-corrected chi connectivity index (χ0v) is 17.8. The number of carbonyl (C=O) groups is 1. The molecule has 0 aliphatic carbocycles. The quantitative estimate of drug-likeness (QED) is 0.136. The molecule has 0 saturated heterocycles. The number of unbranched alkanes of at least 4 members (excludes halogenated alkanes) is 14. The second-order valence-corrected chi connectivity index (χ2v) is 7.51. The molecule has 0 N–H and O–H groups in total. The fourth-order valence-corrected chi connectivity index (χ4v) is 3.10. The van der Waals surface area contributed by atoms with Gasteiger partial charge in [0.05, 0.1) is 6.26 Å². The van der Waals surface area contributed by atoms with Gasteiger partial charge in [0.25, 0.3) is 0 Å². The van der Waals surface area contributed by atoms with Gasteiger partial charge < -0.3 is 9.47 Å². The summed E-state index contributed by atoms with van der Waals surface area (Å²) in [6.07, 6.45) is 24.2. The van der Waals surface area contributed by atoms with E-state index in [-0.39, 0.29) is 12.1 Å². The molecule has 0 heterocycles. The molecule has 0 saturated carbocycles. The molecule has 154 valence electrons. The Morgan fingerprint density at radius 2 is 1.27 bits per heavy atom. The molecule has 0 aromatic heterocycles. The summed E-state index contributed by atoms with van der Waals surface area (Å²) >= 11 is 0. The molecule has 0 spiro atoms. The van der Waals surface area contributed by atoms with Crippen molar-refractivity contribution in [1.82, 2.24) is 0 Å². The molecule has 26 heavy (non-hydrogen) atoms. The highest BCUT2D eigenvalue weighted by Gasteiger charge is 2.03. The maximum absolute atomic E-state index is 10.8. The molecule has 0 amide bonds. The molecule has 0 aromatic rings. The van der Waals surface area contributed by atoms with Crippen molar-refractivity contribution in [1.29, 1.82) is 0 Å². The van der Waals surface area contributed by atoms with Gasteiger partial charge in [0, 0.05) is 6.92 Å². The highest BCUT2D eigenvalue weighted by molar-refractivity contribution is 5.66. The van der Waals surface area contributed by atoms with Gasteiger partial charge in [0.2, 0.25) is 0 Å². The number of rotatable bonds is 19. The van der Waals surface area contributed by atoms with Crippen LogP contribution < -0.4 is 0 Å². The Morgan fingerprint density at radius 3 is 1.73 bits per heavy atom. The number of hydrogen-bond donors (Lipinski definition) is 0. The summed E-state index contributed by atoms with van der Waals surface area (Å²) in [5.74, 6) is -0.257. The second kappa shape index (κ2) is 20.3. The Morgan fingerprint density at radius 1 is 0.808 bits per heavy atom. The van der Waals surface area contributed by atoms with Gasteiger partial charge in [-0.15, -0.1) is 0 Å². The van der Waals surface area contributed by atoms with Crippen molar-refractivity contribution in [2.45, 2.75) is 123 Å². The third-order valence-electron chi connectivity index (χ3n) is 4.61. The zero-order valence-electron chi connectivity index (χ0n) is 17.8. The average Bonchev–Trinajstić information content (AvgIpc) is 2.60. The van der Waals surface area contributed by atoms with E-state index in [1.807, 2.05) is 6.92 Å². The van der Waals surface area contributed by atoms with Crippen LogP contribution >= 0.6 is 0 Å². The van der Waals surface area contributed by atoms with E-state index in [1.54, 1.807) is 6.26 Å². The van der Waals surface area contributed by atoms with Crippen LogP contribution in [0.15, 0.2) is 12.3 Å². The maximum Gasteiger partial charge on any atom is 0.303 e. The molecule has 0 aliphatic rings. The molecular weight excluding hydrogens is 324 g/mol. The Hall–Kier alpha value is -0.990. The Labute approximate surface area is 162 Å². The molecule has 3 heteroatoms. The van der Waals surface area contributed by atoms with Gasteiger partial charge in [0.1, 0.15) is 12.7 Å². The first-order chi connectivity index (χ1) is 12.7. The van der Waals surface area contributed by atoms with Gasteiger partial charge in [-0.1, -0.05) is 90.4 Å². The van der Waals surface area contributed by atoms with Crippen LogP contribution in [0.1, 0.15) is 117 Å². The van der Waals surface area contributed by atoms with Crippen molar-refractivity contribution in [2.75, 3.05) is 6.61 Å². The standard InChI is InChI=1S/C23H44O3/c1-4-5-6-7-8-9-10-11-12-13-14-15-16-17-18-19-20-25-21-22(2)26-23(3)24/h19-20,22H,4-18,21H2,1-3H3. The molecule has 3 nitrogen and oxygen atoms in total. The van der Waals surface area contributed by atoms with Gasteiger partial charge in [0.15, 0.2) is 0 Å². The number of ether oxygens (including phenoxy) is 2. The number of hydrogen-bond acceptors (Lipinski definition) is 3. The first kappa shape index (κ1) is 25.0. The topological polar surface area (TPSA) is 35.5 Å². The van der Waals surface area contributed by atoms with Crippen molar-refractivity contribution < 1.29 is 14.3 Å². The van der Waals surface area contributed by atoms with Crippen LogP contribution in [-0.2, 0) is 14.3 Å². The van der Waals surface area contributed by atoms with Gasteiger partial charge in [-0.05, 0) is 25.8 Å². The van der Waals surface area contributed by atoms with Crippen LogP contribution in [-0.4, -0.2) is 18.7 Å². The zero-order chi connectivity index (χ0) is 19.3. The summed E-state index contributed by atoms with van der Waals surface area (Å²) in [6.45, 7) is 5.96. The number of carbonyl (C=O) groups excluding carboxylic acids is 1. The van der Waals surface area contributed by atoms with Gasteiger partial charge in [-0.2, -0.15) is 0 Å². The van der Waals surface area contributed by atoms with Crippen molar-refractivity contribution in [3.8, 4) is 0 Å². The summed E-state index contributed by atoms with van der Waals surface area (Å²) in [6, 6.07) is 0. The van der Waals surface area contributed by atoms with Crippen LogP contribution in [0.2, 0.25) is 0 Å². The average molecular weight is 369 g/mol. The second-order valence-electron chi connectivity index (χ2n) is 7.51. The van der Waals surface area contributed by atoms with Crippen LogP contribution in [0, 0.1) is 0 Å². The van der Waals surface area contributed by atoms with E-state index < -0.39 is 0 Å².